The molecule has 94 valence electrons. The molecule has 0 saturated heterocycles. The molecule has 2 heterocycles. The molecule has 0 saturated carbocycles. The fourth-order valence-corrected chi connectivity index (χ4v) is 1.92. The Hall–Kier alpha value is -1.68. The van der Waals surface area contributed by atoms with Crippen LogP contribution in [0.25, 0.3) is 0 Å². The lowest BCUT2D eigenvalue weighted by Gasteiger charge is -2.20. The first-order chi connectivity index (χ1) is 8.59. The van der Waals surface area contributed by atoms with Gasteiger partial charge in [0.2, 0.25) is 0 Å². The highest BCUT2D eigenvalue weighted by Crippen LogP contribution is 2.23. The maximum Gasteiger partial charge on any atom is 0.155 e. The largest absolute Gasteiger partial charge is 0.352 e. The van der Waals surface area contributed by atoms with Crippen molar-refractivity contribution in [3.63, 3.8) is 0 Å². The lowest BCUT2D eigenvalue weighted by atomic mass is 10.2. The van der Waals surface area contributed by atoms with Gasteiger partial charge in [0.15, 0.2) is 11.0 Å². The molecule has 0 aliphatic rings. The molecule has 0 atom stereocenters. The van der Waals surface area contributed by atoms with Crippen molar-refractivity contribution in [2.75, 3.05) is 11.9 Å². The second-order valence-electron chi connectivity index (χ2n) is 4.24. The first-order valence-corrected chi connectivity index (χ1v) is 6.08. The number of anilines is 1. The van der Waals surface area contributed by atoms with E-state index < -0.39 is 0 Å². The highest BCUT2D eigenvalue weighted by Gasteiger charge is 2.12. The lowest BCUT2D eigenvalue weighted by Crippen LogP contribution is -2.20. The minimum atomic E-state index is 0.461. The minimum Gasteiger partial charge on any atom is -0.352 e. The van der Waals surface area contributed by atoms with E-state index in [-0.39, 0.29) is 0 Å². The van der Waals surface area contributed by atoms with Crippen molar-refractivity contribution >= 4 is 17.4 Å². The van der Waals surface area contributed by atoms with Crippen molar-refractivity contribution in [2.45, 2.75) is 20.4 Å². The molecule has 0 aliphatic carbocycles. The summed E-state index contributed by atoms with van der Waals surface area (Å²) in [5.41, 5.74) is 3.01. The zero-order valence-electron chi connectivity index (χ0n) is 10.7. The molecule has 4 nitrogen and oxygen atoms in total. The molecular formula is C13H15ClN4. The Morgan fingerprint density at radius 2 is 1.94 bits per heavy atom. The van der Waals surface area contributed by atoms with E-state index in [4.69, 9.17) is 11.6 Å². The summed E-state index contributed by atoms with van der Waals surface area (Å²) in [6.07, 6.45) is 1.79. The van der Waals surface area contributed by atoms with Crippen LogP contribution in [0.4, 0.5) is 5.82 Å². The van der Waals surface area contributed by atoms with Crippen LogP contribution < -0.4 is 4.90 Å². The molecule has 0 N–H and O–H groups in total. The van der Waals surface area contributed by atoms with Crippen molar-refractivity contribution < 1.29 is 0 Å². The van der Waals surface area contributed by atoms with Crippen LogP contribution in [0.5, 0.6) is 0 Å². The van der Waals surface area contributed by atoms with E-state index in [9.17, 15) is 0 Å². The number of hydrogen-bond donors (Lipinski definition) is 0. The Morgan fingerprint density at radius 3 is 2.61 bits per heavy atom. The molecule has 0 fully saturated rings. The van der Waals surface area contributed by atoms with Crippen LogP contribution in [-0.4, -0.2) is 22.2 Å². The lowest BCUT2D eigenvalue weighted by molar-refractivity contribution is 0.832. The number of halogens is 1. The fourth-order valence-electron chi connectivity index (χ4n) is 1.74. The van der Waals surface area contributed by atoms with Gasteiger partial charge in [0, 0.05) is 13.2 Å². The number of pyridine rings is 1. The van der Waals surface area contributed by atoms with E-state index >= 15 is 0 Å². The summed E-state index contributed by atoms with van der Waals surface area (Å²) in [6, 6.07) is 5.87. The van der Waals surface area contributed by atoms with Crippen LogP contribution in [0.3, 0.4) is 0 Å². The molecule has 0 amide bonds. The Morgan fingerprint density at radius 1 is 1.17 bits per heavy atom. The normalized spacial score (nSPS) is 10.4. The molecule has 2 aromatic rings. The zero-order chi connectivity index (χ0) is 13.1. The van der Waals surface area contributed by atoms with E-state index in [0.717, 1.165) is 22.6 Å². The third kappa shape index (κ3) is 2.59. The summed E-state index contributed by atoms with van der Waals surface area (Å²) in [5, 5.41) is 8.57. The van der Waals surface area contributed by atoms with Crippen LogP contribution in [0.1, 0.15) is 16.8 Å². The smallest absolute Gasteiger partial charge is 0.155 e. The van der Waals surface area contributed by atoms with Gasteiger partial charge in [-0.2, -0.15) is 0 Å². The molecule has 0 bridgehead atoms. The Balaban J connectivity index is 2.24. The first-order valence-electron chi connectivity index (χ1n) is 5.70. The van der Waals surface area contributed by atoms with Crippen molar-refractivity contribution in [3.05, 3.63) is 46.4 Å². The molecule has 2 rings (SSSR count). The average molecular weight is 263 g/mol. The zero-order valence-corrected chi connectivity index (χ0v) is 11.4. The minimum absolute atomic E-state index is 0.461. The third-order valence-corrected chi connectivity index (χ3v) is 3.29. The van der Waals surface area contributed by atoms with E-state index in [0.29, 0.717) is 11.7 Å². The quantitative estimate of drug-likeness (QED) is 0.853. The maximum absolute atomic E-state index is 5.95. The van der Waals surface area contributed by atoms with Crippen LogP contribution in [0.15, 0.2) is 24.4 Å². The number of aromatic nitrogens is 3. The first kappa shape index (κ1) is 12.8. The van der Waals surface area contributed by atoms with Gasteiger partial charge in [-0.3, -0.25) is 4.98 Å². The molecular weight excluding hydrogens is 248 g/mol. The van der Waals surface area contributed by atoms with Gasteiger partial charge in [-0.15, -0.1) is 10.2 Å². The molecule has 0 unspecified atom stereocenters. The van der Waals surface area contributed by atoms with Crippen molar-refractivity contribution in [1.29, 1.82) is 0 Å². The predicted molar refractivity (Wildman–Crippen MR) is 72.9 cm³/mol. The summed E-state index contributed by atoms with van der Waals surface area (Å²) >= 11 is 5.95. The Kier molecular flexibility index (Phi) is 3.77. The van der Waals surface area contributed by atoms with E-state index in [2.05, 4.69) is 15.2 Å². The molecule has 0 aromatic carbocycles. The van der Waals surface area contributed by atoms with Crippen LogP contribution in [0, 0.1) is 13.8 Å². The molecule has 0 aliphatic heterocycles. The molecule has 0 radical (unpaired) electrons. The summed E-state index contributed by atoms with van der Waals surface area (Å²) in [7, 11) is 1.97. The average Bonchev–Trinajstić information content (AvgIpc) is 2.37. The van der Waals surface area contributed by atoms with Gasteiger partial charge in [0.25, 0.3) is 0 Å². The van der Waals surface area contributed by atoms with Crippen LogP contribution >= 0.6 is 11.6 Å². The van der Waals surface area contributed by atoms with E-state index in [1.54, 1.807) is 6.20 Å². The highest BCUT2D eigenvalue weighted by molar-refractivity contribution is 6.30. The van der Waals surface area contributed by atoms with Gasteiger partial charge < -0.3 is 4.90 Å². The topological polar surface area (TPSA) is 41.9 Å². The number of rotatable bonds is 3. The third-order valence-electron chi connectivity index (χ3n) is 2.93. The molecule has 0 spiro atoms. The molecule has 18 heavy (non-hydrogen) atoms. The monoisotopic (exact) mass is 262 g/mol. The van der Waals surface area contributed by atoms with Crippen molar-refractivity contribution in [1.82, 2.24) is 15.2 Å². The number of nitrogens with zero attached hydrogens (tertiary/aromatic N) is 4. The maximum atomic E-state index is 5.95. The summed E-state index contributed by atoms with van der Waals surface area (Å²) < 4.78 is 0. The SMILES string of the molecule is Cc1c(Cl)nnc(N(C)Cc2ccccn2)c1C. The van der Waals surface area contributed by atoms with Crippen LogP contribution in [0.2, 0.25) is 5.15 Å². The van der Waals surface area contributed by atoms with E-state index in [1.807, 2.05) is 44.0 Å². The van der Waals surface area contributed by atoms with Gasteiger partial charge in [0.05, 0.1) is 12.2 Å². The van der Waals surface area contributed by atoms with Crippen molar-refractivity contribution in [3.8, 4) is 0 Å². The number of hydrogen-bond acceptors (Lipinski definition) is 4. The Bertz CT molecular complexity index is 542. The van der Waals surface area contributed by atoms with Crippen molar-refractivity contribution in [2.24, 2.45) is 0 Å². The summed E-state index contributed by atoms with van der Waals surface area (Å²) in [4.78, 5) is 6.32. The predicted octanol–water partition coefficient (Wildman–Crippen LogP) is 2.78. The van der Waals surface area contributed by atoms with E-state index in [1.165, 1.54) is 0 Å². The second-order valence-corrected chi connectivity index (χ2v) is 4.60. The summed E-state index contributed by atoms with van der Waals surface area (Å²) in [6.45, 7) is 4.64. The Labute approximate surface area is 112 Å². The summed E-state index contributed by atoms with van der Waals surface area (Å²) in [5.74, 6) is 0.836. The standard InChI is InChI=1S/C13H15ClN4/c1-9-10(2)13(17-16-12(9)14)18(3)8-11-6-4-5-7-15-11/h4-7H,8H2,1-3H3. The van der Waals surface area contributed by atoms with Gasteiger partial charge >= 0.3 is 0 Å². The highest BCUT2D eigenvalue weighted by atomic mass is 35.5. The fraction of sp³-hybridized carbons (Fsp3) is 0.308. The van der Waals surface area contributed by atoms with Crippen LogP contribution in [-0.2, 0) is 6.54 Å². The molecule has 2 aromatic heterocycles. The molecule has 5 heteroatoms. The van der Waals surface area contributed by atoms with Gasteiger partial charge in [0.1, 0.15) is 0 Å². The second kappa shape index (κ2) is 5.31. The van der Waals surface area contributed by atoms with Gasteiger partial charge in [-0.1, -0.05) is 17.7 Å². The van der Waals surface area contributed by atoms with Gasteiger partial charge in [-0.05, 0) is 37.1 Å². The van der Waals surface area contributed by atoms with Gasteiger partial charge in [-0.25, -0.2) is 0 Å².